The molecule has 0 aromatic heterocycles. The number of carbonyl (C=O) groups is 3. The quantitative estimate of drug-likeness (QED) is 0.187. The van der Waals surface area contributed by atoms with Crippen LogP contribution in [0.25, 0.3) is 0 Å². The molecule has 0 bridgehead atoms. The van der Waals surface area contributed by atoms with Crippen molar-refractivity contribution >= 4 is 17.9 Å². The van der Waals surface area contributed by atoms with Crippen LogP contribution in [0, 0.1) is 17.8 Å². The molecule has 8 heteroatoms. The molecule has 0 spiro atoms. The van der Waals surface area contributed by atoms with E-state index in [1.54, 1.807) is 33.8 Å². The van der Waals surface area contributed by atoms with Gasteiger partial charge in [0, 0.05) is 18.4 Å². The van der Waals surface area contributed by atoms with E-state index < -0.39 is 65.9 Å². The second-order valence-corrected chi connectivity index (χ2v) is 10.5. The monoisotopic (exact) mass is 494 g/mol. The van der Waals surface area contributed by atoms with E-state index in [-0.39, 0.29) is 5.92 Å². The lowest BCUT2D eigenvalue weighted by molar-refractivity contribution is -0.176. The molecule has 2 rings (SSSR count). The minimum absolute atomic E-state index is 0.131. The van der Waals surface area contributed by atoms with E-state index in [1.165, 1.54) is 6.92 Å². The molecule has 0 unspecified atom stereocenters. The molecule has 8 atom stereocenters. The Balaban J connectivity index is 2.49. The minimum Gasteiger partial charge on any atom is -0.462 e. The number of hydrogen-bond acceptors (Lipinski definition) is 8. The van der Waals surface area contributed by atoms with Gasteiger partial charge in [-0.25, -0.2) is 4.79 Å². The molecule has 1 N–H and O–H groups in total. The smallest absolute Gasteiger partial charge is 0.333 e. The van der Waals surface area contributed by atoms with E-state index in [4.69, 9.17) is 18.9 Å². The second-order valence-electron chi connectivity index (χ2n) is 10.5. The van der Waals surface area contributed by atoms with E-state index in [1.807, 2.05) is 33.8 Å². The zero-order valence-corrected chi connectivity index (χ0v) is 22.5. The second kappa shape index (κ2) is 11.7. The van der Waals surface area contributed by atoms with Gasteiger partial charge < -0.3 is 24.1 Å². The van der Waals surface area contributed by atoms with Gasteiger partial charge in [0.2, 0.25) is 0 Å². The lowest BCUT2D eigenvalue weighted by Crippen LogP contribution is -2.51. The van der Waals surface area contributed by atoms with Crippen LogP contribution in [0.5, 0.6) is 0 Å². The first kappa shape index (κ1) is 29.0. The van der Waals surface area contributed by atoms with Crippen LogP contribution in [-0.2, 0) is 33.3 Å². The zero-order valence-electron chi connectivity index (χ0n) is 22.5. The number of fused-ring (bicyclic) bond motifs is 1. The van der Waals surface area contributed by atoms with Crippen molar-refractivity contribution in [2.24, 2.45) is 17.8 Å². The summed E-state index contributed by atoms with van der Waals surface area (Å²) in [5.74, 6) is -2.95. The van der Waals surface area contributed by atoms with Crippen LogP contribution >= 0.6 is 0 Å². The molecule has 0 saturated carbocycles. The van der Waals surface area contributed by atoms with E-state index >= 15 is 0 Å². The van der Waals surface area contributed by atoms with Gasteiger partial charge >= 0.3 is 17.9 Å². The number of allylic oxidation sites excluding steroid dienone is 2. The van der Waals surface area contributed by atoms with Gasteiger partial charge in [-0.3, -0.25) is 9.59 Å². The van der Waals surface area contributed by atoms with E-state index in [2.05, 4.69) is 0 Å². The van der Waals surface area contributed by atoms with E-state index in [0.717, 1.165) is 0 Å². The number of carbonyl (C=O) groups excluding carboxylic acids is 3. The fraction of sp³-hybridized carbons (Fsp3) is 0.741. The Labute approximate surface area is 209 Å². The van der Waals surface area contributed by atoms with Crippen LogP contribution in [-0.4, -0.2) is 59.1 Å². The first-order valence-corrected chi connectivity index (χ1v) is 12.5. The zero-order chi connectivity index (χ0) is 26.7. The number of ether oxygens (including phenoxy) is 4. The lowest BCUT2D eigenvalue weighted by atomic mass is 9.77. The molecule has 1 saturated heterocycles. The third-order valence-corrected chi connectivity index (χ3v) is 7.33. The largest absolute Gasteiger partial charge is 0.462 e. The van der Waals surface area contributed by atoms with Crippen molar-refractivity contribution < 1.29 is 38.4 Å². The summed E-state index contributed by atoms with van der Waals surface area (Å²) in [6.07, 6.45) is 1.06. The van der Waals surface area contributed by atoms with Crippen LogP contribution in [0.2, 0.25) is 0 Å². The van der Waals surface area contributed by atoms with Crippen molar-refractivity contribution in [2.45, 2.75) is 111 Å². The number of rotatable bonds is 7. The summed E-state index contributed by atoms with van der Waals surface area (Å²) in [7, 11) is 0. The maximum Gasteiger partial charge on any atom is 0.333 e. The molecular weight excluding hydrogens is 452 g/mol. The molecule has 0 radical (unpaired) electrons. The first-order chi connectivity index (χ1) is 16.2. The highest BCUT2D eigenvalue weighted by molar-refractivity contribution is 5.87. The van der Waals surface area contributed by atoms with Gasteiger partial charge in [0.25, 0.3) is 0 Å². The van der Waals surface area contributed by atoms with Crippen molar-refractivity contribution in [1.29, 1.82) is 0 Å². The Bertz CT molecular complexity index is 859. The van der Waals surface area contributed by atoms with Gasteiger partial charge in [-0.05, 0) is 65.9 Å². The molecule has 35 heavy (non-hydrogen) atoms. The topological polar surface area (TPSA) is 112 Å². The summed E-state index contributed by atoms with van der Waals surface area (Å²) in [4.78, 5) is 37.4. The minimum atomic E-state index is -1.07. The molecule has 1 aliphatic heterocycles. The van der Waals surface area contributed by atoms with Crippen LogP contribution in [0.4, 0.5) is 0 Å². The summed E-state index contributed by atoms with van der Waals surface area (Å²) in [6.45, 7) is 15.6. The van der Waals surface area contributed by atoms with Crippen LogP contribution in [0.3, 0.4) is 0 Å². The van der Waals surface area contributed by atoms with Gasteiger partial charge in [0.1, 0.15) is 30.5 Å². The highest BCUT2D eigenvalue weighted by Gasteiger charge is 2.61. The Morgan fingerprint density at radius 1 is 1.14 bits per heavy atom. The average Bonchev–Trinajstić information content (AvgIpc) is 3.45. The van der Waals surface area contributed by atoms with Gasteiger partial charge in [0.15, 0.2) is 0 Å². The van der Waals surface area contributed by atoms with Gasteiger partial charge in [0.05, 0.1) is 11.5 Å². The van der Waals surface area contributed by atoms with Crippen molar-refractivity contribution in [3.63, 3.8) is 0 Å². The summed E-state index contributed by atoms with van der Waals surface area (Å²) in [6, 6.07) is 0. The van der Waals surface area contributed by atoms with E-state index in [9.17, 15) is 19.5 Å². The molecule has 0 amide bonds. The standard InChI is InChI=1S/C27H42O8/c1-10-15(4)25(30)33-22-20(14(2)3)23(34-26(31)17(6)18(7)32-19(8)28)24-27(9,35-24)13-11-12-16(5)21(22)29/h10,12,14,17-18,20-24,29H,11,13H2,1-9H3/b15-10+,16-12-/t17-,18+,20-,21-,22+,23-,24+,27+/m0/s1. The Kier molecular flexibility index (Phi) is 9.71. The van der Waals surface area contributed by atoms with Crippen molar-refractivity contribution in [3.05, 3.63) is 23.3 Å². The third kappa shape index (κ3) is 6.94. The van der Waals surface area contributed by atoms with Crippen LogP contribution < -0.4 is 0 Å². The Morgan fingerprint density at radius 3 is 2.31 bits per heavy atom. The van der Waals surface area contributed by atoms with Gasteiger partial charge in [-0.1, -0.05) is 26.0 Å². The van der Waals surface area contributed by atoms with Gasteiger partial charge in [-0.15, -0.1) is 0 Å². The summed E-state index contributed by atoms with van der Waals surface area (Å²) in [5.41, 5.74) is 0.606. The van der Waals surface area contributed by atoms with Gasteiger partial charge in [-0.2, -0.15) is 0 Å². The SMILES string of the molecule is C/C=C(\C)C(=O)O[C@@H]1[C@H](C(C)C)[C@H](OC(=O)[C@@H](C)[C@@H](C)OC(C)=O)[C@H]2O[C@]2(C)CC/C=C(/C)[C@@H]1O. The molecule has 1 aliphatic carbocycles. The normalized spacial score (nSPS) is 34.5. The number of epoxide rings is 1. The molecule has 8 nitrogen and oxygen atoms in total. The van der Waals surface area contributed by atoms with Crippen molar-refractivity contribution in [1.82, 2.24) is 0 Å². The summed E-state index contributed by atoms with van der Waals surface area (Å²) < 4.78 is 23.2. The third-order valence-electron chi connectivity index (χ3n) is 7.33. The predicted molar refractivity (Wildman–Crippen MR) is 130 cm³/mol. The van der Waals surface area contributed by atoms with E-state index in [0.29, 0.717) is 24.0 Å². The maximum absolute atomic E-state index is 13.2. The average molecular weight is 495 g/mol. The Morgan fingerprint density at radius 2 is 1.77 bits per heavy atom. The molecule has 0 aromatic carbocycles. The fourth-order valence-corrected chi connectivity index (χ4v) is 4.61. The van der Waals surface area contributed by atoms with Crippen molar-refractivity contribution in [3.8, 4) is 0 Å². The molecule has 1 heterocycles. The molecule has 0 aromatic rings. The highest BCUT2D eigenvalue weighted by Crippen LogP contribution is 2.48. The first-order valence-electron chi connectivity index (χ1n) is 12.5. The maximum atomic E-state index is 13.2. The van der Waals surface area contributed by atoms with Crippen LogP contribution in [0.15, 0.2) is 23.3 Å². The number of aliphatic hydroxyl groups excluding tert-OH is 1. The lowest BCUT2D eigenvalue weighted by Gasteiger charge is -2.39. The predicted octanol–water partition coefficient (Wildman–Crippen LogP) is 3.89. The highest BCUT2D eigenvalue weighted by atomic mass is 16.6. The molecule has 198 valence electrons. The fourth-order valence-electron chi connectivity index (χ4n) is 4.61. The van der Waals surface area contributed by atoms with Crippen LogP contribution in [0.1, 0.15) is 75.2 Å². The number of aliphatic hydroxyl groups is 1. The number of hydrogen-bond donors (Lipinski definition) is 1. The Hall–Kier alpha value is -2.19. The summed E-state index contributed by atoms with van der Waals surface area (Å²) >= 11 is 0. The van der Waals surface area contributed by atoms with Crippen molar-refractivity contribution in [2.75, 3.05) is 0 Å². The molecule has 2 aliphatic rings. The summed E-state index contributed by atoms with van der Waals surface area (Å²) in [5, 5.41) is 11.3. The number of esters is 3. The molecular formula is C27H42O8. The molecule has 1 fully saturated rings.